The van der Waals surface area contributed by atoms with E-state index >= 15 is 0 Å². The molecule has 1 aliphatic carbocycles. The van der Waals surface area contributed by atoms with Crippen molar-refractivity contribution in [2.24, 2.45) is 17.8 Å². The lowest BCUT2D eigenvalue weighted by Gasteiger charge is -2.36. The SMILES string of the molecule is COc1nc(N)nc(OC2CC(C)CCC2C(C)C)n1. The summed E-state index contributed by atoms with van der Waals surface area (Å²) < 4.78 is 11.0. The average molecular weight is 280 g/mol. The molecule has 3 unspecified atom stereocenters. The number of hydrogen-bond acceptors (Lipinski definition) is 6. The van der Waals surface area contributed by atoms with Gasteiger partial charge in [0.2, 0.25) is 5.95 Å². The summed E-state index contributed by atoms with van der Waals surface area (Å²) >= 11 is 0. The third kappa shape index (κ3) is 3.49. The van der Waals surface area contributed by atoms with Crippen LogP contribution in [0.25, 0.3) is 0 Å². The number of nitrogen functional groups attached to an aromatic ring is 1. The van der Waals surface area contributed by atoms with Gasteiger partial charge in [0, 0.05) is 0 Å². The highest BCUT2D eigenvalue weighted by Gasteiger charge is 2.33. The van der Waals surface area contributed by atoms with E-state index in [-0.39, 0.29) is 24.1 Å². The van der Waals surface area contributed by atoms with Crippen LogP contribution in [0.3, 0.4) is 0 Å². The zero-order chi connectivity index (χ0) is 14.7. The Morgan fingerprint density at radius 2 is 1.85 bits per heavy atom. The molecule has 1 aromatic heterocycles. The number of hydrogen-bond donors (Lipinski definition) is 1. The standard InChI is InChI=1S/C14H24N4O2/c1-8(2)10-6-5-9(3)7-11(10)20-14-17-12(15)16-13(18-14)19-4/h8-11H,5-7H2,1-4H3,(H2,15,16,17,18). The molecular weight excluding hydrogens is 256 g/mol. The molecule has 6 heteroatoms. The van der Waals surface area contributed by atoms with Gasteiger partial charge in [-0.2, -0.15) is 9.97 Å². The minimum absolute atomic E-state index is 0.122. The van der Waals surface area contributed by atoms with Gasteiger partial charge in [0.05, 0.1) is 7.11 Å². The van der Waals surface area contributed by atoms with Crippen molar-refractivity contribution in [1.29, 1.82) is 0 Å². The lowest BCUT2D eigenvalue weighted by atomic mass is 9.75. The van der Waals surface area contributed by atoms with Crippen molar-refractivity contribution in [2.75, 3.05) is 12.8 Å². The van der Waals surface area contributed by atoms with Crippen LogP contribution < -0.4 is 15.2 Å². The Labute approximate surface area is 120 Å². The molecule has 1 fully saturated rings. The number of methoxy groups -OCH3 is 1. The summed E-state index contributed by atoms with van der Waals surface area (Å²) in [4.78, 5) is 12.0. The van der Waals surface area contributed by atoms with Crippen molar-refractivity contribution in [3.05, 3.63) is 0 Å². The first kappa shape index (κ1) is 14.8. The second-order valence-corrected chi connectivity index (χ2v) is 5.95. The molecule has 0 saturated heterocycles. The second-order valence-electron chi connectivity index (χ2n) is 5.95. The Kier molecular flexibility index (Phi) is 4.62. The van der Waals surface area contributed by atoms with Crippen LogP contribution in [-0.2, 0) is 0 Å². The van der Waals surface area contributed by atoms with Crippen molar-refractivity contribution in [1.82, 2.24) is 15.0 Å². The molecule has 0 aromatic carbocycles. The summed E-state index contributed by atoms with van der Waals surface area (Å²) in [5.74, 6) is 1.89. The molecule has 1 saturated carbocycles. The fourth-order valence-corrected chi connectivity index (χ4v) is 2.88. The van der Waals surface area contributed by atoms with Crippen LogP contribution in [0.5, 0.6) is 12.0 Å². The van der Waals surface area contributed by atoms with Gasteiger partial charge in [0.25, 0.3) is 0 Å². The molecule has 1 aliphatic rings. The smallest absolute Gasteiger partial charge is 0.324 e. The van der Waals surface area contributed by atoms with Gasteiger partial charge in [-0.05, 0) is 30.6 Å². The highest BCUT2D eigenvalue weighted by molar-refractivity contribution is 5.20. The molecule has 1 aromatic rings. The maximum absolute atomic E-state index is 6.00. The number of rotatable bonds is 4. The van der Waals surface area contributed by atoms with Crippen molar-refractivity contribution in [2.45, 2.75) is 46.1 Å². The Balaban J connectivity index is 2.15. The number of nitrogens with zero attached hydrogens (tertiary/aromatic N) is 3. The highest BCUT2D eigenvalue weighted by atomic mass is 16.5. The van der Waals surface area contributed by atoms with Crippen LogP contribution >= 0.6 is 0 Å². The van der Waals surface area contributed by atoms with Crippen molar-refractivity contribution in [3.63, 3.8) is 0 Å². The number of anilines is 1. The first-order valence-electron chi connectivity index (χ1n) is 7.21. The largest absolute Gasteiger partial charge is 0.467 e. The van der Waals surface area contributed by atoms with Crippen molar-refractivity contribution in [3.8, 4) is 12.0 Å². The Hall–Kier alpha value is -1.59. The maximum Gasteiger partial charge on any atom is 0.324 e. The molecule has 2 N–H and O–H groups in total. The molecule has 1 heterocycles. The van der Waals surface area contributed by atoms with E-state index in [4.69, 9.17) is 15.2 Å². The summed E-state index contributed by atoms with van der Waals surface area (Å²) in [6.07, 6.45) is 3.59. The Morgan fingerprint density at radius 1 is 1.15 bits per heavy atom. The van der Waals surface area contributed by atoms with Crippen LogP contribution in [0, 0.1) is 17.8 Å². The average Bonchev–Trinajstić information content (AvgIpc) is 2.37. The first-order chi connectivity index (χ1) is 9.49. The maximum atomic E-state index is 6.00. The predicted octanol–water partition coefficient (Wildman–Crippen LogP) is 2.30. The zero-order valence-corrected chi connectivity index (χ0v) is 12.7. The van der Waals surface area contributed by atoms with Crippen LogP contribution in [0.15, 0.2) is 0 Å². The minimum Gasteiger partial charge on any atom is -0.467 e. The fourth-order valence-electron chi connectivity index (χ4n) is 2.88. The van der Waals surface area contributed by atoms with Crippen molar-refractivity contribution < 1.29 is 9.47 Å². The second kappa shape index (κ2) is 6.24. The van der Waals surface area contributed by atoms with E-state index in [9.17, 15) is 0 Å². The number of ether oxygens (including phenoxy) is 2. The molecule has 20 heavy (non-hydrogen) atoms. The quantitative estimate of drug-likeness (QED) is 0.911. The molecule has 6 nitrogen and oxygen atoms in total. The van der Waals surface area contributed by atoms with Gasteiger partial charge >= 0.3 is 12.0 Å². The third-order valence-electron chi connectivity index (χ3n) is 4.01. The first-order valence-corrected chi connectivity index (χ1v) is 7.21. The van der Waals surface area contributed by atoms with Gasteiger partial charge in [-0.3, -0.25) is 0 Å². The summed E-state index contributed by atoms with van der Waals surface area (Å²) in [5, 5.41) is 0. The summed E-state index contributed by atoms with van der Waals surface area (Å²) in [6.45, 7) is 6.73. The predicted molar refractivity (Wildman–Crippen MR) is 76.6 cm³/mol. The Bertz CT molecular complexity index is 453. The molecule has 0 amide bonds. The topological polar surface area (TPSA) is 83.2 Å². The molecule has 3 atom stereocenters. The molecule has 2 rings (SSSR count). The molecule has 112 valence electrons. The van der Waals surface area contributed by atoms with E-state index in [0.29, 0.717) is 17.8 Å². The monoisotopic (exact) mass is 280 g/mol. The third-order valence-corrected chi connectivity index (χ3v) is 4.01. The molecule has 0 bridgehead atoms. The van der Waals surface area contributed by atoms with Crippen LogP contribution in [0.4, 0.5) is 5.95 Å². The van der Waals surface area contributed by atoms with Gasteiger partial charge in [0.15, 0.2) is 0 Å². The number of aromatic nitrogens is 3. The van der Waals surface area contributed by atoms with Crippen LogP contribution in [-0.4, -0.2) is 28.2 Å². The van der Waals surface area contributed by atoms with E-state index in [2.05, 4.69) is 35.7 Å². The minimum atomic E-state index is 0.122. The van der Waals surface area contributed by atoms with E-state index in [1.165, 1.54) is 20.0 Å². The molecular formula is C14H24N4O2. The molecule has 0 aliphatic heterocycles. The van der Waals surface area contributed by atoms with Gasteiger partial charge in [-0.1, -0.05) is 27.2 Å². The summed E-state index contributed by atoms with van der Waals surface area (Å²) in [6, 6.07) is 0.455. The Morgan fingerprint density at radius 3 is 2.50 bits per heavy atom. The normalized spacial score (nSPS) is 26.6. The molecule has 0 radical (unpaired) electrons. The van der Waals surface area contributed by atoms with E-state index in [1.807, 2.05) is 0 Å². The van der Waals surface area contributed by atoms with Crippen molar-refractivity contribution >= 4 is 5.95 Å². The van der Waals surface area contributed by atoms with E-state index < -0.39 is 0 Å². The lowest BCUT2D eigenvalue weighted by Crippen LogP contribution is -2.36. The molecule has 0 spiro atoms. The lowest BCUT2D eigenvalue weighted by molar-refractivity contribution is 0.0384. The van der Waals surface area contributed by atoms with Gasteiger partial charge in [-0.15, -0.1) is 4.98 Å². The van der Waals surface area contributed by atoms with Crippen LogP contribution in [0.1, 0.15) is 40.0 Å². The van der Waals surface area contributed by atoms with Crippen LogP contribution in [0.2, 0.25) is 0 Å². The fraction of sp³-hybridized carbons (Fsp3) is 0.786. The highest BCUT2D eigenvalue weighted by Crippen LogP contribution is 2.35. The summed E-state index contributed by atoms with van der Waals surface area (Å²) in [7, 11) is 1.50. The van der Waals surface area contributed by atoms with Gasteiger partial charge < -0.3 is 15.2 Å². The zero-order valence-electron chi connectivity index (χ0n) is 12.7. The van der Waals surface area contributed by atoms with E-state index in [0.717, 1.165) is 6.42 Å². The summed E-state index contributed by atoms with van der Waals surface area (Å²) in [5.41, 5.74) is 5.64. The van der Waals surface area contributed by atoms with Gasteiger partial charge in [-0.25, -0.2) is 0 Å². The number of nitrogens with two attached hydrogens (primary N) is 1. The van der Waals surface area contributed by atoms with Gasteiger partial charge in [0.1, 0.15) is 6.10 Å². The van der Waals surface area contributed by atoms with E-state index in [1.54, 1.807) is 0 Å².